The fourth-order valence-electron chi connectivity index (χ4n) is 2.99. The topological polar surface area (TPSA) is 87.7 Å². The number of rotatable bonds is 7. The van der Waals surface area contributed by atoms with Crippen LogP contribution in [0.15, 0.2) is 53.4 Å². The van der Waals surface area contributed by atoms with E-state index in [0.717, 1.165) is 25.2 Å². The van der Waals surface area contributed by atoms with E-state index >= 15 is 0 Å². The second-order valence-corrected chi connectivity index (χ2v) is 8.67. The number of hydrogen-bond acceptors (Lipinski definition) is 5. The maximum absolute atomic E-state index is 12.2. The third-order valence-corrected chi connectivity index (χ3v) is 6.16. The molecular formula is C19H22ClN3O4S. The summed E-state index contributed by atoms with van der Waals surface area (Å²) >= 11 is 5.82. The molecule has 0 saturated carbocycles. The lowest BCUT2D eigenvalue weighted by molar-refractivity contribution is -0.115. The minimum Gasteiger partial charge on any atom is -0.380 e. The number of anilines is 2. The first-order valence-corrected chi connectivity index (χ1v) is 10.7. The molecule has 3 rings (SSSR count). The number of hydrogen-bond donors (Lipinski definition) is 2. The van der Waals surface area contributed by atoms with Crippen LogP contribution in [0.1, 0.15) is 6.42 Å². The van der Waals surface area contributed by atoms with Crippen LogP contribution >= 0.6 is 11.6 Å². The zero-order chi connectivity index (χ0) is 20.1. The maximum Gasteiger partial charge on any atom is 0.241 e. The molecule has 1 saturated heterocycles. The average molecular weight is 424 g/mol. The Morgan fingerprint density at radius 2 is 2.00 bits per heavy atom. The number of nitrogens with one attached hydrogen (secondary N) is 2. The fourth-order valence-corrected chi connectivity index (χ4v) is 4.28. The van der Waals surface area contributed by atoms with E-state index in [-0.39, 0.29) is 17.5 Å². The normalized spacial score (nSPS) is 16.9. The summed E-state index contributed by atoms with van der Waals surface area (Å²) in [7, 11) is -2.09. The van der Waals surface area contributed by atoms with Gasteiger partial charge in [0.1, 0.15) is 0 Å². The molecular weight excluding hydrogens is 402 g/mol. The van der Waals surface area contributed by atoms with Crippen molar-refractivity contribution in [3.63, 3.8) is 0 Å². The van der Waals surface area contributed by atoms with Gasteiger partial charge in [0.15, 0.2) is 0 Å². The zero-order valence-corrected chi connectivity index (χ0v) is 17.0. The first-order chi connectivity index (χ1) is 13.4. The fraction of sp³-hybridized carbons (Fsp3) is 0.316. The highest BCUT2D eigenvalue weighted by Gasteiger charge is 2.22. The monoisotopic (exact) mass is 423 g/mol. The summed E-state index contributed by atoms with van der Waals surface area (Å²) in [6.07, 6.45) is 1.23. The molecule has 1 aliphatic heterocycles. The van der Waals surface area contributed by atoms with Gasteiger partial charge in [0.25, 0.3) is 0 Å². The molecule has 2 N–H and O–H groups in total. The molecule has 2 aromatic carbocycles. The molecule has 0 spiro atoms. The van der Waals surface area contributed by atoms with Crippen LogP contribution in [-0.4, -0.2) is 47.2 Å². The Kier molecular flexibility index (Phi) is 6.56. The van der Waals surface area contributed by atoms with Crippen LogP contribution in [0.2, 0.25) is 5.02 Å². The van der Waals surface area contributed by atoms with Crippen LogP contribution in [0.4, 0.5) is 11.4 Å². The van der Waals surface area contributed by atoms with Crippen LogP contribution in [0.5, 0.6) is 0 Å². The van der Waals surface area contributed by atoms with Crippen molar-refractivity contribution in [3.8, 4) is 0 Å². The molecule has 150 valence electrons. The van der Waals surface area contributed by atoms with Crippen LogP contribution in [-0.2, 0) is 19.6 Å². The first kappa shape index (κ1) is 20.6. The van der Waals surface area contributed by atoms with Gasteiger partial charge in [-0.2, -0.15) is 0 Å². The molecule has 1 fully saturated rings. The van der Waals surface area contributed by atoms with Gasteiger partial charge < -0.3 is 15.0 Å². The van der Waals surface area contributed by atoms with E-state index in [2.05, 4.69) is 14.9 Å². The van der Waals surface area contributed by atoms with Gasteiger partial charge in [0.05, 0.1) is 17.5 Å². The molecule has 1 atom stereocenters. The molecule has 0 aromatic heterocycles. The average Bonchev–Trinajstić information content (AvgIpc) is 3.16. The van der Waals surface area contributed by atoms with Crippen LogP contribution < -0.4 is 14.9 Å². The molecule has 7 nitrogen and oxygen atoms in total. The number of carbonyl (C=O) groups is 1. The van der Waals surface area contributed by atoms with E-state index in [4.69, 9.17) is 16.3 Å². The summed E-state index contributed by atoms with van der Waals surface area (Å²) in [4.78, 5) is 14.3. The van der Waals surface area contributed by atoms with Crippen molar-refractivity contribution in [2.24, 2.45) is 0 Å². The van der Waals surface area contributed by atoms with E-state index in [1.807, 2.05) is 12.1 Å². The Hall–Kier alpha value is -2.13. The Balaban J connectivity index is 1.53. The molecule has 1 amide bonds. The molecule has 28 heavy (non-hydrogen) atoms. The summed E-state index contributed by atoms with van der Waals surface area (Å²) < 4.78 is 32.1. The predicted octanol–water partition coefficient (Wildman–Crippen LogP) is 2.48. The van der Waals surface area contributed by atoms with E-state index in [1.165, 1.54) is 18.2 Å². The third-order valence-electron chi connectivity index (χ3n) is 4.52. The maximum atomic E-state index is 12.2. The van der Waals surface area contributed by atoms with E-state index in [9.17, 15) is 13.2 Å². The second-order valence-electron chi connectivity index (χ2n) is 6.47. The Morgan fingerprint density at radius 3 is 2.64 bits per heavy atom. The lowest BCUT2D eigenvalue weighted by Gasteiger charge is -2.18. The first-order valence-electron chi connectivity index (χ1n) is 8.80. The summed E-state index contributed by atoms with van der Waals surface area (Å²) in [5, 5.41) is 2.99. The number of nitrogens with zero attached hydrogens (tertiary/aromatic N) is 1. The zero-order valence-electron chi connectivity index (χ0n) is 15.4. The number of methoxy groups -OCH3 is 1. The van der Waals surface area contributed by atoms with E-state index in [0.29, 0.717) is 10.7 Å². The Labute approximate surface area is 169 Å². The highest BCUT2D eigenvalue weighted by atomic mass is 35.5. The highest BCUT2D eigenvalue weighted by molar-refractivity contribution is 7.89. The number of sulfonamides is 1. The summed E-state index contributed by atoms with van der Waals surface area (Å²) in [5.74, 6) is -0.459. The van der Waals surface area contributed by atoms with Gasteiger partial charge in [-0.1, -0.05) is 17.7 Å². The van der Waals surface area contributed by atoms with Crippen LogP contribution in [0.25, 0.3) is 0 Å². The van der Waals surface area contributed by atoms with Gasteiger partial charge in [0, 0.05) is 36.6 Å². The molecule has 1 aliphatic rings. The minimum absolute atomic E-state index is 0.0112. The number of amides is 1. The van der Waals surface area contributed by atoms with Gasteiger partial charge in [-0.05, 0) is 48.9 Å². The molecule has 0 radical (unpaired) electrons. The van der Waals surface area contributed by atoms with Gasteiger partial charge >= 0.3 is 0 Å². The summed E-state index contributed by atoms with van der Waals surface area (Å²) in [6, 6.07) is 13.3. The third kappa shape index (κ3) is 5.23. The predicted molar refractivity (Wildman–Crippen MR) is 109 cm³/mol. The van der Waals surface area contributed by atoms with Crippen LogP contribution in [0, 0.1) is 0 Å². The van der Waals surface area contributed by atoms with Gasteiger partial charge in [-0.15, -0.1) is 0 Å². The smallest absolute Gasteiger partial charge is 0.241 e. The second kappa shape index (κ2) is 8.91. The standard InChI is InChI=1S/C19H22ClN3O4S/c1-27-17-9-10-23(13-17)16-7-5-15(6-8-16)22-19(24)12-21-28(25,26)18-4-2-3-14(20)11-18/h2-8,11,17,21H,9-10,12-13H2,1H3,(H,22,24). The quantitative estimate of drug-likeness (QED) is 0.714. The van der Waals surface area contributed by atoms with Crippen molar-refractivity contribution in [3.05, 3.63) is 53.6 Å². The largest absolute Gasteiger partial charge is 0.380 e. The molecule has 1 unspecified atom stereocenters. The molecule has 1 heterocycles. The lowest BCUT2D eigenvalue weighted by Crippen LogP contribution is -2.32. The van der Waals surface area contributed by atoms with E-state index < -0.39 is 15.9 Å². The number of carbonyl (C=O) groups excluding carboxylic acids is 1. The van der Waals surface area contributed by atoms with Crippen LogP contribution in [0.3, 0.4) is 0 Å². The molecule has 9 heteroatoms. The van der Waals surface area contributed by atoms with Gasteiger partial charge in [-0.25, -0.2) is 13.1 Å². The van der Waals surface area contributed by atoms with Crippen molar-refractivity contribution in [1.82, 2.24) is 4.72 Å². The highest BCUT2D eigenvalue weighted by Crippen LogP contribution is 2.23. The Bertz CT molecular complexity index is 934. The SMILES string of the molecule is COC1CCN(c2ccc(NC(=O)CNS(=O)(=O)c3cccc(Cl)c3)cc2)C1. The minimum atomic E-state index is -3.81. The molecule has 0 bridgehead atoms. The summed E-state index contributed by atoms with van der Waals surface area (Å²) in [6.45, 7) is 1.39. The molecule has 0 aliphatic carbocycles. The van der Waals surface area contributed by atoms with Crippen molar-refractivity contribution < 1.29 is 17.9 Å². The van der Waals surface area contributed by atoms with Crippen molar-refractivity contribution >= 4 is 38.9 Å². The van der Waals surface area contributed by atoms with Gasteiger partial charge in [-0.3, -0.25) is 4.79 Å². The number of halogens is 1. The van der Waals surface area contributed by atoms with Gasteiger partial charge in [0.2, 0.25) is 15.9 Å². The molecule has 2 aromatic rings. The Morgan fingerprint density at radius 1 is 1.25 bits per heavy atom. The van der Waals surface area contributed by atoms with E-state index in [1.54, 1.807) is 25.3 Å². The number of benzene rings is 2. The summed E-state index contributed by atoms with van der Waals surface area (Å²) in [5.41, 5.74) is 1.65. The lowest BCUT2D eigenvalue weighted by atomic mass is 10.2. The van der Waals surface area contributed by atoms with Crippen molar-refractivity contribution in [2.45, 2.75) is 17.4 Å². The van der Waals surface area contributed by atoms with Crippen molar-refractivity contribution in [2.75, 3.05) is 37.0 Å². The number of ether oxygens (including phenoxy) is 1. The van der Waals surface area contributed by atoms with Crippen molar-refractivity contribution in [1.29, 1.82) is 0 Å².